The van der Waals surface area contributed by atoms with E-state index in [4.69, 9.17) is 0 Å². The Hall–Kier alpha value is -1.34. The average Bonchev–Trinajstić information content (AvgIpc) is 2.85. The van der Waals surface area contributed by atoms with Gasteiger partial charge in [0, 0.05) is 16.9 Å². The van der Waals surface area contributed by atoms with Gasteiger partial charge in [0.05, 0.1) is 11.2 Å². The second kappa shape index (κ2) is 4.74. The van der Waals surface area contributed by atoms with Crippen LogP contribution in [0.4, 0.5) is 5.13 Å². The fourth-order valence-corrected chi connectivity index (χ4v) is 2.63. The monoisotopic (exact) mass is 282 g/mol. The fourth-order valence-electron chi connectivity index (χ4n) is 1.20. The Bertz CT molecular complexity index is 568. The predicted molar refractivity (Wildman–Crippen MR) is 73.4 cm³/mol. The highest BCUT2D eigenvalue weighted by Crippen LogP contribution is 2.23. The van der Waals surface area contributed by atoms with Gasteiger partial charge in [-0.1, -0.05) is 20.8 Å². The quantitative estimate of drug-likeness (QED) is 0.919. The molecule has 0 fully saturated rings. The van der Waals surface area contributed by atoms with E-state index in [9.17, 15) is 4.79 Å². The topological polar surface area (TPSA) is 67.8 Å². The minimum atomic E-state index is -0.183. The maximum absolute atomic E-state index is 11.9. The fraction of sp³-hybridized carbons (Fsp3) is 0.455. The Morgan fingerprint density at radius 2 is 2.11 bits per heavy atom. The molecule has 18 heavy (non-hydrogen) atoms. The normalized spacial score (nSPS) is 11.6. The van der Waals surface area contributed by atoms with Gasteiger partial charge in [0.2, 0.25) is 5.13 Å². The highest BCUT2D eigenvalue weighted by atomic mass is 32.1. The number of thiazole rings is 1. The van der Waals surface area contributed by atoms with Gasteiger partial charge in [0.15, 0.2) is 0 Å². The summed E-state index contributed by atoms with van der Waals surface area (Å²) in [4.78, 5) is 20.8. The first-order valence-electron chi connectivity index (χ1n) is 5.44. The number of carbonyl (C=O) groups is 1. The van der Waals surface area contributed by atoms with Crippen LogP contribution in [-0.2, 0) is 5.41 Å². The molecule has 7 heteroatoms. The third-order valence-electron chi connectivity index (χ3n) is 2.16. The number of nitrogens with zero attached hydrogens (tertiary/aromatic N) is 3. The van der Waals surface area contributed by atoms with Gasteiger partial charge >= 0.3 is 0 Å². The molecule has 1 N–H and O–H groups in total. The largest absolute Gasteiger partial charge is 0.296 e. The molecule has 0 radical (unpaired) electrons. The van der Waals surface area contributed by atoms with Crippen LogP contribution in [0.2, 0.25) is 0 Å². The van der Waals surface area contributed by atoms with Crippen LogP contribution in [0.25, 0.3) is 0 Å². The van der Waals surface area contributed by atoms with Crippen LogP contribution < -0.4 is 5.32 Å². The summed E-state index contributed by atoms with van der Waals surface area (Å²) < 4.78 is 4.24. The number of anilines is 1. The Morgan fingerprint density at radius 3 is 2.61 bits per heavy atom. The van der Waals surface area contributed by atoms with Crippen molar-refractivity contribution >= 4 is 33.9 Å². The van der Waals surface area contributed by atoms with E-state index in [0.29, 0.717) is 10.0 Å². The first-order valence-corrected chi connectivity index (χ1v) is 7.03. The van der Waals surface area contributed by atoms with E-state index in [1.165, 1.54) is 22.9 Å². The van der Waals surface area contributed by atoms with E-state index in [2.05, 4.69) is 19.7 Å². The molecule has 0 unspecified atom stereocenters. The molecule has 5 nitrogen and oxygen atoms in total. The van der Waals surface area contributed by atoms with Crippen LogP contribution >= 0.6 is 22.9 Å². The molecule has 0 saturated carbocycles. The minimum Gasteiger partial charge on any atom is -0.296 e. The molecule has 2 rings (SSSR count). The lowest BCUT2D eigenvalue weighted by atomic mass is 9.96. The molecule has 0 saturated heterocycles. The number of hydrogen-bond donors (Lipinski definition) is 1. The molecular formula is C11H14N4OS2. The molecule has 2 aromatic heterocycles. The number of aryl methyl sites for hydroxylation is 1. The van der Waals surface area contributed by atoms with Crippen molar-refractivity contribution < 1.29 is 4.79 Å². The third kappa shape index (κ3) is 2.91. The summed E-state index contributed by atoms with van der Waals surface area (Å²) >= 11 is 2.56. The first kappa shape index (κ1) is 13.1. The molecule has 2 aromatic rings. The summed E-state index contributed by atoms with van der Waals surface area (Å²) in [5.41, 5.74) is -0.111. The average molecular weight is 282 g/mol. The number of hydrogen-bond acceptors (Lipinski definition) is 6. The van der Waals surface area contributed by atoms with Crippen molar-refractivity contribution in [3.63, 3.8) is 0 Å². The first-order chi connectivity index (χ1) is 8.36. The van der Waals surface area contributed by atoms with Crippen molar-refractivity contribution in [3.05, 3.63) is 21.9 Å². The van der Waals surface area contributed by atoms with Gasteiger partial charge in [0.1, 0.15) is 10.7 Å². The summed E-state index contributed by atoms with van der Waals surface area (Å²) in [6.07, 6.45) is 1.57. The van der Waals surface area contributed by atoms with Crippen molar-refractivity contribution in [2.24, 2.45) is 0 Å². The molecule has 96 valence electrons. The summed E-state index contributed by atoms with van der Waals surface area (Å²) in [6, 6.07) is 0. The lowest BCUT2D eigenvalue weighted by Crippen LogP contribution is -2.14. The van der Waals surface area contributed by atoms with E-state index in [1.54, 1.807) is 6.20 Å². The molecular weight excluding hydrogens is 268 g/mol. The molecule has 0 aliphatic rings. The van der Waals surface area contributed by atoms with Crippen LogP contribution in [-0.4, -0.2) is 20.2 Å². The van der Waals surface area contributed by atoms with E-state index < -0.39 is 0 Å². The zero-order valence-corrected chi connectivity index (χ0v) is 12.3. The zero-order chi connectivity index (χ0) is 13.3. The van der Waals surface area contributed by atoms with E-state index in [0.717, 1.165) is 10.8 Å². The summed E-state index contributed by atoms with van der Waals surface area (Å²) in [5.74, 6) is 0.556. The van der Waals surface area contributed by atoms with Crippen LogP contribution in [0, 0.1) is 6.92 Å². The van der Waals surface area contributed by atoms with Crippen molar-refractivity contribution in [3.8, 4) is 0 Å². The van der Waals surface area contributed by atoms with Crippen LogP contribution in [0.1, 0.15) is 41.3 Å². The van der Waals surface area contributed by atoms with Gasteiger partial charge in [0.25, 0.3) is 5.91 Å². The zero-order valence-electron chi connectivity index (χ0n) is 10.6. The van der Waals surface area contributed by atoms with Gasteiger partial charge in [-0.2, -0.15) is 4.37 Å². The van der Waals surface area contributed by atoms with E-state index in [1.807, 2.05) is 27.7 Å². The van der Waals surface area contributed by atoms with Gasteiger partial charge in [-0.3, -0.25) is 10.1 Å². The van der Waals surface area contributed by atoms with Crippen LogP contribution in [0.5, 0.6) is 0 Å². The van der Waals surface area contributed by atoms with Gasteiger partial charge in [-0.25, -0.2) is 9.97 Å². The number of rotatable bonds is 2. The molecule has 0 bridgehead atoms. The second-order valence-electron chi connectivity index (χ2n) is 4.87. The van der Waals surface area contributed by atoms with Gasteiger partial charge < -0.3 is 0 Å². The van der Waals surface area contributed by atoms with Crippen LogP contribution in [0.3, 0.4) is 0 Å². The Kier molecular flexibility index (Phi) is 3.45. The van der Waals surface area contributed by atoms with Crippen molar-refractivity contribution in [2.75, 3.05) is 5.32 Å². The lowest BCUT2D eigenvalue weighted by Gasteiger charge is -2.12. The predicted octanol–water partition coefficient (Wildman–Crippen LogP) is 2.85. The number of amides is 1. The maximum Gasteiger partial charge on any atom is 0.269 e. The Balaban J connectivity index is 2.10. The number of aromatic nitrogens is 3. The SMILES string of the molecule is Cc1ncc(C(=O)Nc2nc(C(C)(C)C)ns2)s1. The highest BCUT2D eigenvalue weighted by Gasteiger charge is 2.20. The molecule has 0 atom stereocenters. The van der Waals surface area contributed by atoms with E-state index >= 15 is 0 Å². The standard InChI is InChI=1S/C11H14N4OS2/c1-6-12-5-7(17-6)8(16)13-10-14-9(15-18-10)11(2,3)4/h5H,1-4H3,(H,13,14,15,16). The molecule has 0 aromatic carbocycles. The minimum absolute atomic E-state index is 0.111. The summed E-state index contributed by atoms with van der Waals surface area (Å²) in [7, 11) is 0. The summed E-state index contributed by atoms with van der Waals surface area (Å²) in [6.45, 7) is 7.97. The molecule has 0 aliphatic heterocycles. The third-order valence-corrected chi connectivity index (χ3v) is 3.70. The van der Waals surface area contributed by atoms with Gasteiger partial charge in [-0.15, -0.1) is 11.3 Å². The molecule has 1 amide bonds. The Morgan fingerprint density at radius 1 is 1.39 bits per heavy atom. The van der Waals surface area contributed by atoms with Crippen LogP contribution in [0.15, 0.2) is 6.20 Å². The lowest BCUT2D eigenvalue weighted by molar-refractivity contribution is 0.103. The molecule has 0 spiro atoms. The number of nitrogens with one attached hydrogen (secondary N) is 1. The van der Waals surface area contributed by atoms with Crippen molar-refractivity contribution in [1.29, 1.82) is 0 Å². The highest BCUT2D eigenvalue weighted by molar-refractivity contribution is 7.14. The smallest absolute Gasteiger partial charge is 0.269 e. The second-order valence-corrected chi connectivity index (χ2v) is 6.86. The molecule has 0 aliphatic carbocycles. The van der Waals surface area contributed by atoms with Crippen molar-refractivity contribution in [2.45, 2.75) is 33.1 Å². The maximum atomic E-state index is 11.9. The van der Waals surface area contributed by atoms with Gasteiger partial charge in [-0.05, 0) is 6.92 Å². The van der Waals surface area contributed by atoms with E-state index in [-0.39, 0.29) is 11.3 Å². The van der Waals surface area contributed by atoms with Crippen molar-refractivity contribution in [1.82, 2.24) is 14.3 Å². The Labute approximate surface area is 113 Å². The number of carbonyl (C=O) groups excluding carboxylic acids is 1. The summed E-state index contributed by atoms with van der Waals surface area (Å²) in [5, 5.41) is 4.13. The molecule has 2 heterocycles.